The SMILES string of the molecule is O=C1CC[C@H](C(=O)NCC2CCCC2O)N1. The van der Waals surface area contributed by atoms with Crippen LogP contribution in [0.5, 0.6) is 0 Å². The maximum Gasteiger partial charge on any atom is 0.242 e. The summed E-state index contributed by atoms with van der Waals surface area (Å²) in [7, 11) is 0. The summed E-state index contributed by atoms with van der Waals surface area (Å²) in [6, 6.07) is -0.369. The van der Waals surface area contributed by atoms with Crippen LogP contribution < -0.4 is 10.6 Å². The van der Waals surface area contributed by atoms with Crippen LogP contribution in [0.2, 0.25) is 0 Å². The van der Waals surface area contributed by atoms with Crippen LogP contribution in [0.25, 0.3) is 0 Å². The fraction of sp³-hybridized carbons (Fsp3) is 0.818. The van der Waals surface area contributed by atoms with Gasteiger partial charge in [-0.3, -0.25) is 9.59 Å². The van der Waals surface area contributed by atoms with Crippen molar-refractivity contribution in [2.45, 2.75) is 44.2 Å². The molecule has 1 heterocycles. The van der Waals surface area contributed by atoms with Crippen LogP contribution in [-0.4, -0.2) is 35.6 Å². The molecule has 1 aliphatic carbocycles. The molecule has 0 aromatic heterocycles. The average molecular weight is 226 g/mol. The lowest BCUT2D eigenvalue weighted by Gasteiger charge is -2.17. The molecule has 1 aliphatic heterocycles. The van der Waals surface area contributed by atoms with Crippen LogP contribution in [-0.2, 0) is 9.59 Å². The molecule has 1 saturated carbocycles. The number of carbonyl (C=O) groups excluding carboxylic acids is 2. The highest BCUT2D eigenvalue weighted by molar-refractivity contribution is 5.90. The zero-order valence-corrected chi connectivity index (χ0v) is 9.24. The van der Waals surface area contributed by atoms with Crippen LogP contribution in [0.3, 0.4) is 0 Å². The summed E-state index contributed by atoms with van der Waals surface area (Å²) in [4.78, 5) is 22.6. The van der Waals surface area contributed by atoms with Crippen molar-refractivity contribution in [1.82, 2.24) is 10.6 Å². The van der Waals surface area contributed by atoms with Crippen molar-refractivity contribution in [2.75, 3.05) is 6.54 Å². The molecule has 0 aromatic carbocycles. The van der Waals surface area contributed by atoms with E-state index < -0.39 is 0 Å². The Morgan fingerprint density at radius 3 is 2.81 bits per heavy atom. The number of carbonyl (C=O) groups is 2. The van der Waals surface area contributed by atoms with Crippen molar-refractivity contribution >= 4 is 11.8 Å². The molecule has 3 N–H and O–H groups in total. The molecule has 2 rings (SSSR count). The van der Waals surface area contributed by atoms with Gasteiger partial charge in [0, 0.05) is 18.9 Å². The van der Waals surface area contributed by atoms with Crippen molar-refractivity contribution in [2.24, 2.45) is 5.92 Å². The zero-order chi connectivity index (χ0) is 11.5. The number of rotatable bonds is 3. The molecule has 2 amide bonds. The largest absolute Gasteiger partial charge is 0.393 e. The van der Waals surface area contributed by atoms with Gasteiger partial charge in [-0.15, -0.1) is 0 Å². The number of amides is 2. The first-order chi connectivity index (χ1) is 7.66. The predicted molar refractivity (Wildman–Crippen MR) is 57.5 cm³/mol. The summed E-state index contributed by atoms with van der Waals surface area (Å²) in [5, 5.41) is 15.0. The molecular formula is C11H18N2O3. The molecule has 0 aromatic rings. The van der Waals surface area contributed by atoms with Gasteiger partial charge in [0.25, 0.3) is 0 Å². The fourth-order valence-corrected chi connectivity index (χ4v) is 2.42. The minimum Gasteiger partial charge on any atom is -0.393 e. The smallest absolute Gasteiger partial charge is 0.242 e. The summed E-state index contributed by atoms with van der Waals surface area (Å²) < 4.78 is 0. The molecule has 90 valence electrons. The van der Waals surface area contributed by atoms with Gasteiger partial charge in [0.15, 0.2) is 0 Å². The maximum absolute atomic E-state index is 11.6. The second-order valence-electron chi connectivity index (χ2n) is 4.66. The first kappa shape index (κ1) is 11.4. The quantitative estimate of drug-likeness (QED) is 0.609. The van der Waals surface area contributed by atoms with Crippen LogP contribution in [0.1, 0.15) is 32.1 Å². The highest BCUT2D eigenvalue weighted by Gasteiger charge is 2.29. The summed E-state index contributed by atoms with van der Waals surface area (Å²) in [6.45, 7) is 0.520. The van der Waals surface area contributed by atoms with Crippen LogP contribution >= 0.6 is 0 Å². The van der Waals surface area contributed by atoms with Gasteiger partial charge in [-0.25, -0.2) is 0 Å². The topological polar surface area (TPSA) is 78.4 Å². The molecule has 16 heavy (non-hydrogen) atoms. The number of aliphatic hydroxyl groups is 1. The molecule has 2 fully saturated rings. The Labute approximate surface area is 94.6 Å². The van der Waals surface area contributed by atoms with E-state index in [1.165, 1.54) is 0 Å². The minimum atomic E-state index is -0.369. The van der Waals surface area contributed by atoms with E-state index in [1.807, 2.05) is 0 Å². The number of hydrogen-bond acceptors (Lipinski definition) is 3. The van der Waals surface area contributed by atoms with E-state index in [2.05, 4.69) is 10.6 Å². The lowest BCUT2D eigenvalue weighted by Crippen LogP contribution is -2.43. The standard InChI is InChI=1S/C11H18N2O3/c14-9-3-1-2-7(9)6-12-11(16)8-4-5-10(15)13-8/h7-9,14H,1-6H2,(H,12,16)(H,13,15)/t7?,8-,9?/m1/s1. The Hall–Kier alpha value is -1.10. The maximum atomic E-state index is 11.6. The molecule has 5 heteroatoms. The molecule has 0 bridgehead atoms. The van der Waals surface area contributed by atoms with Gasteiger partial charge in [-0.1, -0.05) is 6.42 Å². The number of aliphatic hydroxyl groups excluding tert-OH is 1. The van der Waals surface area contributed by atoms with E-state index in [0.29, 0.717) is 19.4 Å². The lowest BCUT2D eigenvalue weighted by molar-refractivity contribution is -0.126. The molecule has 0 radical (unpaired) electrons. The normalized spacial score (nSPS) is 33.8. The van der Waals surface area contributed by atoms with E-state index in [4.69, 9.17) is 0 Å². The summed E-state index contributed by atoms with van der Waals surface area (Å²) in [5.74, 6) is 0.00653. The molecule has 2 unspecified atom stereocenters. The van der Waals surface area contributed by atoms with Crippen molar-refractivity contribution < 1.29 is 14.7 Å². The van der Waals surface area contributed by atoms with Crippen molar-refractivity contribution in [3.63, 3.8) is 0 Å². The van der Waals surface area contributed by atoms with Gasteiger partial charge in [-0.05, 0) is 19.3 Å². The van der Waals surface area contributed by atoms with E-state index in [0.717, 1.165) is 19.3 Å². The Bertz CT molecular complexity index is 293. The van der Waals surface area contributed by atoms with Gasteiger partial charge in [0.2, 0.25) is 11.8 Å². The van der Waals surface area contributed by atoms with Gasteiger partial charge >= 0.3 is 0 Å². The number of nitrogens with one attached hydrogen (secondary N) is 2. The third-order valence-corrected chi connectivity index (χ3v) is 3.47. The van der Waals surface area contributed by atoms with Gasteiger partial charge in [0.1, 0.15) is 6.04 Å². The Balaban J connectivity index is 1.73. The predicted octanol–water partition coefficient (Wildman–Crippen LogP) is -0.458. The van der Waals surface area contributed by atoms with Crippen LogP contribution in [0.4, 0.5) is 0 Å². The first-order valence-electron chi connectivity index (χ1n) is 5.92. The highest BCUT2D eigenvalue weighted by atomic mass is 16.3. The molecule has 5 nitrogen and oxygen atoms in total. The molecular weight excluding hydrogens is 208 g/mol. The second-order valence-corrected chi connectivity index (χ2v) is 4.66. The number of hydrogen-bond donors (Lipinski definition) is 3. The Morgan fingerprint density at radius 2 is 2.25 bits per heavy atom. The first-order valence-corrected chi connectivity index (χ1v) is 5.92. The summed E-state index contributed by atoms with van der Waals surface area (Å²) >= 11 is 0. The zero-order valence-electron chi connectivity index (χ0n) is 9.24. The van der Waals surface area contributed by atoms with Gasteiger partial charge < -0.3 is 15.7 Å². The highest BCUT2D eigenvalue weighted by Crippen LogP contribution is 2.24. The molecule has 3 atom stereocenters. The molecule has 2 aliphatic rings. The van der Waals surface area contributed by atoms with E-state index >= 15 is 0 Å². The third kappa shape index (κ3) is 2.52. The van der Waals surface area contributed by atoms with Gasteiger partial charge in [-0.2, -0.15) is 0 Å². The van der Waals surface area contributed by atoms with E-state index in [-0.39, 0.29) is 29.9 Å². The van der Waals surface area contributed by atoms with E-state index in [9.17, 15) is 14.7 Å². The average Bonchev–Trinajstić information content (AvgIpc) is 2.84. The summed E-state index contributed by atoms with van der Waals surface area (Å²) in [6.07, 6.45) is 3.57. The molecule has 0 spiro atoms. The fourth-order valence-electron chi connectivity index (χ4n) is 2.42. The van der Waals surface area contributed by atoms with Gasteiger partial charge in [0.05, 0.1) is 6.10 Å². The van der Waals surface area contributed by atoms with Crippen LogP contribution in [0, 0.1) is 5.92 Å². The summed E-state index contributed by atoms with van der Waals surface area (Å²) in [5.41, 5.74) is 0. The molecule has 1 saturated heterocycles. The monoisotopic (exact) mass is 226 g/mol. The second kappa shape index (κ2) is 4.82. The van der Waals surface area contributed by atoms with Crippen molar-refractivity contribution in [1.29, 1.82) is 0 Å². The third-order valence-electron chi connectivity index (χ3n) is 3.47. The Kier molecular flexibility index (Phi) is 3.43. The lowest BCUT2D eigenvalue weighted by atomic mass is 10.1. The Morgan fingerprint density at radius 1 is 1.44 bits per heavy atom. The van der Waals surface area contributed by atoms with Crippen LogP contribution in [0.15, 0.2) is 0 Å². The minimum absolute atomic E-state index is 0.0546. The van der Waals surface area contributed by atoms with E-state index in [1.54, 1.807) is 0 Å². The van der Waals surface area contributed by atoms with Crippen molar-refractivity contribution in [3.05, 3.63) is 0 Å². The van der Waals surface area contributed by atoms with Crippen molar-refractivity contribution in [3.8, 4) is 0 Å².